The minimum absolute atomic E-state index is 0.726. The maximum absolute atomic E-state index is 4.44. The van der Waals surface area contributed by atoms with Gasteiger partial charge < -0.3 is 0 Å². The molecular formula is C16H19BrN4S. The molecule has 4 rings (SSSR count). The lowest BCUT2D eigenvalue weighted by atomic mass is 9.95. The van der Waals surface area contributed by atoms with Crippen LogP contribution >= 0.6 is 27.7 Å². The van der Waals surface area contributed by atoms with Gasteiger partial charge in [0.2, 0.25) is 0 Å². The van der Waals surface area contributed by atoms with Crippen molar-refractivity contribution in [2.75, 3.05) is 5.88 Å². The zero-order valence-corrected chi connectivity index (χ0v) is 14.8. The lowest BCUT2D eigenvalue weighted by molar-refractivity contribution is 0.135. The van der Waals surface area contributed by atoms with Crippen molar-refractivity contribution in [1.29, 1.82) is 0 Å². The molecule has 6 heteroatoms. The van der Waals surface area contributed by atoms with E-state index < -0.39 is 0 Å². The van der Waals surface area contributed by atoms with E-state index in [9.17, 15) is 0 Å². The highest BCUT2D eigenvalue weighted by Gasteiger charge is 2.28. The summed E-state index contributed by atoms with van der Waals surface area (Å²) in [5, 5.41) is 9.87. The highest BCUT2D eigenvalue weighted by molar-refractivity contribution is 9.10. The Morgan fingerprint density at radius 3 is 2.73 bits per heavy atom. The molecule has 0 spiro atoms. The van der Waals surface area contributed by atoms with Gasteiger partial charge in [0.1, 0.15) is 0 Å². The molecule has 1 aliphatic carbocycles. The Kier molecular flexibility index (Phi) is 4.24. The molecule has 1 saturated carbocycles. The maximum Gasteiger partial charge on any atom is 0.193 e. The minimum Gasteiger partial charge on any atom is -0.288 e. The lowest BCUT2D eigenvalue weighted by Gasteiger charge is -2.36. The molecule has 0 atom stereocenters. The predicted octanol–water partition coefficient (Wildman–Crippen LogP) is 4.36. The van der Waals surface area contributed by atoms with Crippen LogP contribution in [-0.4, -0.2) is 31.6 Å². The lowest BCUT2D eigenvalue weighted by Crippen LogP contribution is -2.40. The quantitative estimate of drug-likeness (QED) is 0.776. The monoisotopic (exact) mass is 378 g/mol. The Hall–Kier alpha value is -0.850. The van der Waals surface area contributed by atoms with E-state index in [1.807, 2.05) is 17.8 Å². The zero-order valence-electron chi connectivity index (χ0n) is 12.4. The Morgan fingerprint density at radius 2 is 1.91 bits per heavy atom. The Labute approximate surface area is 143 Å². The third-order valence-corrected chi connectivity index (χ3v) is 6.32. The molecule has 2 heterocycles. The van der Waals surface area contributed by atoms with Crippen molar-refractivity contribution in [3.63, 3.8) is 0 Å². The van der Waals surface area contributed by atoms with Crippen LogP contribution in [0.15, 0.2) is 33.9 Å². The Morgan fingerprint density at radius 1 is 1.09 bits per heavy atom. The van der Waals surface area contributed by atoms with Crippen molar-refractivity contribution in [2.24, 2.45) is 0 Å². The van der Waals surface area contributed by atoms with Gasteiger partial charge in [0.05, 0.1) is 12.5 Å². The summed E-state index contributed by atoms with van der Waals surface area (Å²) in [6.07, 6.45) is 6.82. The SMILES string of the molecule is Brc1ccccc1-c1nnc2n1CN(C1CCCCC1)CS2. The summed E-state index contributed by atoms with van der Waals surface area (Å²) in [6.45, 7) is 0.913. The summed E-state index contributed by atoms with van der Waals surface area (Å²) >= 11 is 5.45. The zero-order chi connectivity index (χ0) is 14.9. The van der Waals surface area contributed by atoms with Crippen molar-refractivity contribution in [3.05, 3.63) is 28.7 Å². The van der Waals surface area contributed by atoms with E-state index in [0.29, 0.717) is 0 Å². The molecule has 1 aromatic heterocycles. The third kappa shape index (κ3) is 2.72. The second-order valence-electron chi connectivity index (χ2n) is 6.01. The molecule has 2 aliphatic rings. The molecular weight excluding hydrogens is 360 g/mol. The molecule has 1 aliphatic heterocycles. The molecule has 0 unspecified atom stereocenters. The number of aromatic nitrogens is 3. The average Bonchev–Trinajstić information content (AvgIpc) is 2.99. The van der Waals surface area contributed by atoms with E-state index in [1.54, 1.807) is 0 Å². The van der Waals surface area contributed by atoms with Gasteiger partial charge in [0.15, 0.2) is 11.0 Å². The molecule has 1 fully saturated rings. The van der Waals surface area contributed by atoms with Crippen LogP contribution in [0.1, 0.15) is 32.1 Å². The molecule has 0 amide bonds. The molecule has 4 nitrogen and oxygen atoms in total. The van der Waals surface area contributed by atoms with Crippen LogP contribution in [-0.2, 0) is 6.67 Å². The fourth-order valence-electron chi connectivity index (χ4n) is 3.39. The molecule has 0 bridgehead atoms. The number of hydrogen-bond donors (Lipinski definition) is 0. The number of hydrogen-bond acceptors (Lipinski definition) is 4. The van der Waals surface area contributed by atoms with Gasteiger partial charge in [-0.25, -0.2) is 0 Å². The highest BCUT2D eigenvalue weighted by Crippen LogP contribution is 2.34. The summed E-state index contributed by atoms with van der Waals surface area (Å²) < 4.78 is 3.34. The summed E-state index contributed by atoms with van der Waals surface area (Å²) in [7, 11) is 0. The van der Waals surface area contributed by atoms with Crippen LogP contribution in [0.25, 0.3) is 11.4 Å². The van der Waals surface area contributed by atoms with Gasteiger partial charge in [-0.05, 0) is 18.9 Å². The van der Waals surface area contributed by atoms with Gasteiger partial charge >= 0.3 is 0 Å². The van der Waals surface area contributed by atoms with Crippen molar-refractivity contribution in [2.45, 2.75) is 50.0 Å². The van der Waals surface area contributed by atoms with E-state index in [-0.39, 0.29) is 0 Å². The van der Waals surface area contributed by atoms with Gasteiger partial charge in [-0.1, -0.05) is 65.2 Å². The van der Waals surface area contributed by atoms with Gasteiger partial charge in [-0.15, -0.1) is 10.2 Å². The first-order chi connectivity index (χ1) is 10.8. The van der Waals surface area contributed by atoms with Gasteiger partial charge in [-0.2, -0.15) is 0 Å². The molecule has 0 radical (unpaired) electrons. The van der Waals surface area contributed by atoms with Gasteiger partial charge in [-0.3, -0.25) is 9.47 Å². The van der Waals surface area contributed by atoms with Gasteiger partial charge in [0, 0.05) is 16.1 Å². The van der Waals surface area contributed by atoms with Crippen LogP contribution < -0.4 is 0 Å². The van der Waals surface area contributed by atoms with E-state index in [4.69, 9.17) is 0 Å². The van der Waals surface area contributed by atoms with E-state index in [1.165, 1.54) is 32.1 Å². The smallest absolute Gasteiger partial charge is 0.193 e. The number of benzene rings is 1. The Bertz CT molecular complexity index is 666. The predicted molar refractivity (Wildman–Crippen MR) is 92.6 cm³/mol. The first-order valence-electron chi connectivity index (χ1n) is 7.88. The van der Waals surface area contributed by atoms with E-state index >= 15 is 0 Å². The first kappa shape index (κ1) is 14.7. The van der Waals surface area contributed by atoms with Crippen LogP contribution in [0.5, 0.6) is 0 Å². The average molecular weight is 379 g/mol. The van der Waals surface area contributed by atoms with Crippen LogP contribution in [0.3, 0.4) is 0 Å². The van der Waals surface area contributed by atoms with Crippen molar-refractivity contribution >= 4 is 27.7 Å². The minimum atomic E-state index is 0.726. The van der Waals surface area contributed by atoms with Crippen molar-refractivity contribution in [1.82, 2.24) is 19.7 Å². The summed E-state index contributed by atoms with van der Waals surface area (Å²) in [6, 6.07) is 8.97. The summed E-state index contributed by atoms with van der Waals surface area (Å²) in [5.41, 5.74) is 1.12. The van der Waals surface area contributed by atoms with E-state index in [2.05, 4.69) is 53.8 Å². The third-order valence-electron chi connectivity index (χ3n) is 4.61. The number of thioether (sulfide) groups is 1. The second kappa shape index (κ2) is 6.34. The molecule has 2 aromatic rings. The molecule has 0 N–H and O–H groups in total. The molecule has 0 saturated heterocycles. The normalized spacial score (nSPS) is 20.0. The topological polar surface area (TPSA) is 34.0 Å². The highest BCUT2D eigenvalue weighted by atomic mass is 79.9. The summed E-state index contributed by atoms with van der Waals surface area (Å²) in [5.74, 6) is 2.01. The largest absolute Gasteiger partial charge is 0.288 e. The molecule has 116 valence electrons. The molecule has 1 aromatic carbocycles. The standard InChI is InChI=1S/C16H19BrN4S/c17-14-9-5-4-8-13(14)15-18-19-16-21(15)10-20(11-22-16)12-6-2-1-3-7-12/h4-5,8-9,12H,1-3,6-7,10-11H2. The van der Waals surface area contributed by atoms with Crippen LogP contribution in [0.4, 0.5) is 0 Å². The van der Waals surface area contributed by atoms with E-state index in [0.717, 1.165) is 39.6 Å². The van der Waals surface area contributed by atoms with Crippen LogP contribution in [0.2, 0.25) is 0 Å². The summed E-state index contributed by atoms with van der Waals surface area (Å²) in [4.78, 5) is 2.60. The Balaban J connectivity index is 1.63. The first-order valence-corrected chi connectivity index (χ1v) is 9.66. The number of halogens is 1. The number of rotatable bonds is 2. The maximum atomic E-state index is 4.44. The fraction of sp³-hybridized carbons (Fsp3) is 0.500. The van der Waals surface area contributed by atoms with Gasteiger partial charge in [0.25, 0.3) is 0 Å². The number of fused-ring (bicyclic) bond motifs is 1. The second-order valence-corrected chi connectivity index (χ2v) is 7.78. The molecule has 22 heavy (non-hydrogen) atoms. The van der Waals surface area contributed by atoms with Crippen molar-refractivity contribution < 1.29 is 0 Å². The number of nitrogens with zero attached hydrogens (tertiary/aromatic N) is 4. The fourth-order valence-corrected chi connectivity index (χ4v) is 4.83. The van der Waals surface area contributed by atoms with Crippen LogP contribution in [0, 0.1) is 0 Å². The van der Waals surface area contributed by atoms with Crippen molar-refractivity contribution in [3.8, 4) is 11.4 Å².